The first-order chi connectivity index (χ1) is 9.86. The van der Waals surface area contributed by atoms with Crippen molar-refractivity contribution in [3.8, 4) is 0 Å². The maximum atomic E-state index is 5.73. The van der Waals surface area contributed by atoms with Crippen LogP contribution in [0.4, 0.5) is 11.5 Å². The van der Waals surface area contributed by atoms with Crippen LogP contribution in [0, 0.1) is 0 Å². The van der Waals surface area contributed by atoms with E-state index in [1.807, 2.05) is 22.7 Å². The van der Waals surface area contributed by atoms with Crippen LogP contribution in [0.25, 0.3) is 5.65 Å². The summed E-state index contributed by atoms with van der Waals surface area (Å²) in [6.07, 6.45) is 7.14. The molecule has 0 aliphatic rings. The lowest BCUT2D eigenvalue weighted by molar-refractivity contribution is 0.929. The van der Waals surface area contributed by atoms with E-state index in [2.05, 4.69) is 32.6 Å². The summed E-state index contributed by atoms with van der Waals surface area (Å²) in [5, 5.41) is 11.2. The summed E-state index contributed by atoms with van der Waals surface area (Å²) in [7, 11) is 0. The summed E-state index contributed by atoms with van der Waals surface area (Å²) in [6, 6.07) is 8.23. The van der Waals surface area contributed by atoms with Crippen molar-refractivity contribution >= 4 is 28.8 Å². The molecule has 0 bridgehead atoms. The summed E-state index contributed by atoms with van der Waals surface area (Å²) >= 11 is 5.73. The SMILES string of the molecule is ClCCCc1cccc(Nc2nccn3cnnc23)c1. The maximum absolute atomic E-state index is 5.73. The van der Waals surface area contributed by atoms with Gasteiger partial charge in [0.1, 0.15) is 6.33 Å². The second-order valence-corrected chi connectivity index (χ2v) is 4.83. The third-order valence-corrected chi connectivity index (χ3v) is 3.27. The maximum Gasteiger partial charge on any atom is 0.203 e. The molecule has 0 unspecified atom stereocenters. The molecule has 2 heterocycles. The molecule has 1 aromatic carbocycles. The third-order valence-electron chi connectivity index (χ3n) is 3.00. The quantitative estimate of drug-likeness (QED) is 0.733. The van der Waals surface area contributed by atoms with Gasteiger partial charge in [-0.3, -0.25) is 4.40 Å². The van der Waals surface area contributed by atoms with Gasteiger partial charge in [0.05, 0.1) is 0 Å². The molecular weight excluding hydrogens is 274 g/mol. The molecule has 0 atom stereocenters. The van der Waals surface area contributed by atoms with Crippen LogP contribution in [0.5, 0.6) is 0 Å². The van der Waals surface area contributed by atoms with E-state index >= 15 is 0 Å². The average Bonchev–Trinajstić information content (AvgIpc) is 2.95. The summed E-state index contributed by atoms with van der Waals surface area (Å²) in [4.78, 5) is 4.31. The van der Waals surface area contributed by atoms with E-state index in [4.69, 9.17) is 11.6 Å². The van der Waals surface area contributed by atoms with Crippen LogP contribution in [-0.4, -0.2) is 25.5 Å². The standard InChI is InChI=1S/C14H14ClN5/c15-6-2-4-11-3-1-5-12(9-11)18-13-14-19-17-10-20(14)8-7-16-13/h1,3,5,7-10H,2,4,6H2,(H,16,18). The predicted octanol–water partition coefficient (Wildman–Crippen LogP) is 3.04. The minimum atomic E-state index is 0.679. The lowest BCUT2D eigenvalue weighted by Gasteiger charge is -2.08. The van der Waals surface area contributed by atoms with Gasteiger partial charge in [0.15, 0.2) is 5.82 Å². The molecule has 0 amide bonds. The van der Waals surface area contributed by atoms with Crippen LogP contribution in [0.15, 0.2) is 43.0 Å². The van der Waals surface area contributed by atoms with Gasteiger partial charge in [0.25, 0.3) is 0 Å². The first kappa shape index (κ1) is 12.9. The Morgan fingerprint density at radius 2 is 2.25 bits per heavy atom. The zero-order valence-corrected chi connectivity index (χ0v) is 11.6. The van der Waals surface area contributed by atoms with Gasteiger partial charge in [0.2, 0.25) is 5.65 Å². The van der Waals surface area contributed by atoms with E-state index in [-0.39, 0.29) is 0 Å². The number of alkyl halides is 1. The molecule has 2 aromatic heterocycles. The molecule has 0 saturated heterocycles. The van der Waals surface area contributed by atoms with Gasteiger partial charge in [-0.25, -0.2) is 4.98 Å². The van der Waals surface area contributed by atoms with E-state index in [1.165, 1.54) is 5.56 Å². The Hall–Kier alpha value is -2.14. The van der Waals surface area contributed by atoms with Crippen molar-refractivity contribution in [2.75, 3.05) is 11.2 Å². The largest absolute Gasteiger partial charge is 0.337 e. The van der Waals surface area contributed by atoms with Gasteiger partial charge in [-0.15, -0.1) is 21.8 Å². The molecule has 0 aliphatic carbocycles. The molecule has 6 heteroatoms. The van der Waals surface area contributed by atoms with Crippen LogP contribution >= 0.6 is 11.6 Å². The Labute approximate surface area is 121 Å². The number of benzene rings is 1. The van der Waals surface area contributed by atoms with E-state index in [0.717, 1.165) is 18.5 Å². The molecule has 0 aliphatic heterocycles. The zero-order chi connectivity index (χ0) is 13.8. The number of fused-ring (bicyclic) bond motifs is 1. The summed E-state index contributed by atoms with van der Waals surface area (Å²) < 4.78 is 1.83. The van der Waals surface area contributed by atoms with Crippen LogP contribution in [0.3, 0.4) is 0 Å². The summed E-state index contributed by atoms with van der Waals surface area (Å²) in [6.45, 7) is 0. The minimum Gasteiger partial charge on any atom is -0.337 e. The topological polar surface area (TPSA) is 55.1 Å². The van der Waals surface area contributed by atoms with Crippen LogP contribution in [-0.2, 0) is 6.42 Å². The fourth-order valence-electron chi connectivity index (χ4n) is 2.06. The Kier molecular flexibility index (Phi) is 3.78. The van der Waals surface area contributed by atoms with E-state index in [9.17, 15) is 0 Å². The number of hydrogen-bond acceptors (Lipinski definition) is 4. The number of rotatable bonds is 5. The van der Waals surface area contributed by atoms with Crippen molar-refractivity contribution in [1.29, 1.82) is 0 Å². The highest BCUT2D eigenvalue weighted by atomic mass is 35.5. The smallest absolute Gasteiger partial charge is 0.203 e. The first-order valence-corrected chi connectivity index (χ1v) is 6.96. The van der Waals surface area contributed by atoms with Crippen molar-refractivity contribution in [2.45, 2.75) is 12.8 Å². The summed E-state index contributed by atoms with van der Waals surface area (Å²) in [5.41, 5.74) is 2.95. The number of nitrogens with zero attached hydrogens (tertiary/aromatic N) is 4. The van der Waals surface area contributed by atoms with Crippen LogP contribution < -0.4 is 5.32 Å². The van der Waals surface area contributed by atoms with Gasteiger partial charge >= 0.3 is 0 Å². The normalized spacial score (nSPS) is 10.8. The minimum absolute atomic E-state index is 0.679. The molecule has 0 fully saturated rings. The van der Waals surface area contributed by atoms with E-state index in [1.54, 1.807) is 12.5 Å². The second kappa shape index (κ2) is 5.88. The number of nitrogens with one attached hydrogen (secondary N) is 1. The van der Waals surface area contributed by atoms with Crippen LogP contribution in [0.2, 0.25) is 0 Å². The average molecular weight is 288 g/mol. The van der Waals surface area contributed by atoms with E-state index in [0.29, 0.717) is 17.3 Å². The zero-order valence-electron chi connectivity index (χ0n) is 10.8. The fourth-order valence-corrected chi connectivity index (χ4v) is 2.19. The Balaban J connectivity index is 1.85. The molecule has 3 aromatic rings. The molecule has 20 heavy (non-hydrogen) atoms. The van der Waals surface area contributed by atoms with Crippen LogP contribution in [0.1, 0.15) is 12.0 Å². The predicted molar refractivity (Wildman–Crippen MR) is 79.5 cm³/mol. The molecule has 1 N–H and O–H groups in total. The lowest BCUT2D eigenvalue weighted by Crippen LogP contribution is -1.98. The Bertz CT molecular complexity index is 709. The molecular formula is C14H14ClN5. The van der Waals surface area contributed by atoms with Crippen molar-refractivity contribution in [1.82, 2.24) is 19.6 Å². The highest BCUT2D eigenvalue weighted by Crippen LogP contribution is 2.19. The molecule has 0 saturated carbocycles. The van der Waals surface area contributed by atoms with Crippen molar-refractivity contribution < 1.29 is 0 Å². The fraction of sp³-hybridized carbons (Fsp3) is 0.214. The third kappa shape index (κ3) is 2.72. The Morgan fingerprint density at radius 1 is 1.30 bits per heavy atom. The number of aromatic nitrogens is 4. The van der Waals surface area contributed by atoms with Crippen molar-refractivity contribution in [3.05, 3.63) is 48.5 Å². The molecule has 3 rings (SSSR count). The highest BCUT2D eigenvalue weighted by Gasteiger charge is 2.05. The molecule has 0 spiro atoms. The van der Waals surface area contributed by atoms with Gasteiger partial charge in [0, 0.05) is 24.0 Å². The number of halogens is 1. The molecule has 0 radical (unpaired) electrons. The number of aryl methyl sites for hydroxylation is 1. The number of hydrogen-bond donors (Lipinski definition) is 1. The van der Waals surface area contributed by atoms with Crippen molar-refractivity contribution in [2.24, 2.45) is 0 Å². The monoisotopic (exact) mass is 287 g/mol. The second-order valence-electron chi connectivity index (χ2n) is 4.46. The van der Waals surface area contributed by atoms with Gasteiger partial charge in [-0.05, 0) is 30.5 Å². The molecule has 5 nitrogen and oxygen atoms in total. The van der Waals surface area contributed by atoms with Gasteiger partial charge < -0.3 is 5.32 Å². The Morgan fingerprint density at radius 3 is 3.15 bits per heavy atom. The van der Waals surface area contributed by atoms with Crippen molar-refractivity contribution in [3.63, 3.8) is 0 Å². The summed E-state index contributed by atoms with van der Waals surface area (Å²) in [5.74, 6) is 1.37. The molecule has 102 valence electrons. The lowest BCUT2D eigenvalue weighted by atomic mass is 10.1. The highest BCUT2D eigenvalue weighted by molar-refractivity contribution is 6.17. The van der Waals surface area contributed by atoms with Gasteiger partial charge in [-0.1, -0.05) is 12.1 Å². The van der Waals surface area contributed by atoms with Gasteiger partial charge in [-0.2, -0.15) is 0 Å². The first-order valence-electron chi connectivity index (χ1n) is 6.43. The van der Waals surface area contributed by atoms with E-state index < -0.39 is 0 Å². The number of anilines is 2.